The number of halogens is 3. The minimum absolute atomic E-state index is 0.106. The van der Waals surface area contributed by atoms with Gasteiger partial charge in [0.15, 0.2) is 0 Å². The summed E-state index contributed by atoms with van der Waals surface area (Å²) in [6.07, 6.45) is 17.5. The van der Waals surface area contributed by atoms with Crippen LogP contribution in [-0.2, 0) is 15.9 Å². The van der Waals surface area contributed by atoms with Crippen molar-refractivity contribution in [3.8, 4) is 0 Å². The minimum atomic E-state index is -0.106. The molecule has 0 saturated carbocycles. The van der Waals surface area contributed by atoms with E-state index < -0.39 is 0 Å². The van der Waals surface area contributed by atoms with Crippen LogP contribution in [0.2, 0.25) is 5.02 Å². The molecule has 264 valence electrons. The Morgan fingerprint density at radius 3 is 1.11 bits per heavy atom. The zero-order valence-corrected chi connectivity index (χ0v) is 33.7. The van der Waals surface area contributed by atoms with E-state index in [1.54, 1.807) is 24.5 Å². The molecule has 47 heavy (non-hydrogen) atoms. The Balaban J connectivity index is 0.000000659. The molecule has 1 aromatic heterocycles. The van der Waals surface area contributed by atoms with Gasteiger partial charge in [-0.2, -0.15) is 0 Å². The fourth-order valence-corrected chi connectivity index (χ4v) is 7.24. The van der Waals surface area contributed by atoms with Crippen LogP contribution in [0.3, 0.4) is 0 Å². The van der Waals surface area contributed by atoms with Gasteiger partial charge in [0.1, 0.15) is 0 Å². The van der Waals surface area contributed by atoms with Crippen molar-refractivity contribution in [3.63, 3.8) is 0 Å². The third-order valence-corrected chi connectivity index (χ3v) is 10.1. The van der Waals surface area contributed by atoms with E-state index in [1.165, 1.54) is 85.0 Å². The maximum atomic E-state index is 5.48. The molecule has 1 aliphatic rings. The molecule has 0 aliphatic carbocycles. The molecule has 0 amide bonds. The summed E-state index contributed by atoms with van der Waals surface area (Å²) in [6, 6.07) is 17.8. The Kier molecular flexibility index (Phi) is 20.4. The standard InChI is InChI=1S/C35H54N2.C5H4ClN.2ClH.Pd/c1-9-26(10-2)30-19-17-20-31(27(11-3)12-4)34(30)36-23-24-37(25-36)35-32(28(13-5)14-6)21-18-22-33(35)29(15-7)16-8;6-5-2-1-3-7-4-5;;;/h17-24,26-29H,9-16,25H2,1-8H3;1-4H;2*1H;/q;;;;+2/p-2. The molecule has 4 rings (SSSR count). The van der Waals surface area contributed by atoms with Crippen molar-refractivity contribution in [1.29, 1.82) is 0 Å². The van der Waals surface area contributed by atoms with Gasteiger partial charge in [0.2, 0.25) is 0 Å². The van der Waals surface area contributed by atoms with Crippen LogP contribution in [0.15, 0.2) is 73.3 Å². The van der Waals surface area contributed by atoms with Crippen LogP contribution in [-0.4, -0.2) is 11.7 Å². The molecule has 1 aliphatic heterocycles. The molecule has 3 aromatic rings. The van der Waals surface area contributed by atoms with Gasteiger partial charge < -0.3 is 9.80 Å². The third-order valence-electron chi connectivity index (χ3n) is 9.83. The quantitative estimate of drug-likeness (QED) is 0.152. The average molecular weight is 794 g/mol. The molecule has 2 heterocycles. The summed E-state index contributed by atoms with van der Waals surface area (Å²) in [5, 5.41) is 0.683. The summed E-state index contributed by atoms with van der Waals surface area (Å²) in [6.45, 7) is 19.7. The number of para-hydroxylation sites is 2. The van der Waals surface area contributed by atoms with Crippen molar-refractivity contribution in [3.05, 3.63) is 101 Å². The van der Waals surface area contributed by atoms with Crippen LogP contribution in [0.4, 0.5) is 11.4 Å². The Morgan fingerprint density at radius 2 is 0.894 bits per heavy atom. The van der Waals surface area contributed by atoms with Gasteiger partial charge in [-0.3, -0.25) is 4.98 Å². The molecule has 0 radical (unpaired) electrons. The van der Waals surface area contributed by atoms with E-state index in [2.05, 4.69) is 119 Å². The van der Waals surface area contributed by atoms with E-state index in [0.717, 1.165) is 6.67 Å². The van der Waals surface area contributed by atoms with E-state index in [9.17, 15) is 0 Å². The Labute approximate surface area is 308 Å². The van der Waals surface area contributed by atoms with Gasteiger partial charge in [0.05, 0.1) is 11.7 Å². The van der Waals surface area contributed by atoms with Gasteiger partial charge in [-0.25, -0.2) is 0 Å². The SMILES string of the molecule is CCC(CC)c1cccc(C(CC)CC)c1N1C=CN(c2c(C(CC)CC)cccc2C(CC)CC)C1.Clc1cccnc1.[Cl][Pd][Cl]. The van der Waals surface area contributed by atoms with Crippen LogP contribution >= 0.6 is 30.7 Å². The van der Waals surface area contributed by atoms with Crippen LogP contribution in [0.25, 0.3) is 0 Å². The van der Waals surface area contributed by atoms with E-state index >= 15 is 0 Å². The second kappa shape index (κ2) is 23.0. The summed E-state index contributed by atoms with van der Waals surface area (Å²) in [7, 11) is 9.63. The first-order chi connectivity index (χ1) is 22.8. The molecular weight excluding hydrogens is 735 g/mol. The monoisotopic (exact) mass is 791 g/mol. The Bertz CT molecular complexity index is 1160. The van der Waals surface area contributed by atoms with Crippen LogP contribution < -0.4 is 9.80 Å². The van der Waals surface area contributed by atoms with Gasteiger partial charge in [-0.1, -0.05) is 103 Å². The van der Waals surface area contributed by atoms with Crippen LogP contribution in [0, 0.1) is 0 Å². The first-order valence-electron chi connectivity index (χ1n) is 17.7. The number of rotatable bonds is 14. The van der Waals surface area contributed by atoms with Crippen molar-refractivity contribution in [2.75, 3.05) is 16.5 Å². The summed E-state index contributed by atoms with van der Waals surface area (Å²) in [5.41, 5.74) is 9.10. The fourth-order valence-electron chi connectivity index (χ4n) is 7.11. The Morgan fingerprint density at radius 1 is 0.574 bits per heavy atom. The Hall–Kier alpha value is -1.54. The molecule has 0 spiro atoms. The number of anilines is 2. The van der Waals surface area contributed by atoms with E-state index in [1.807, 2.05) is 0 Å². The summed E-state index contributed by atoms with van der Waals surface area (Å²) in [4.78, 5) is 8.89. The van der Waals surface area contributed by atoms with Gasteiger partial charge >= 0.3 is 35.0 Å². The molecule has 0 fully saturated rings. The second-order valence-corrected chi connectivity index (χ2v) is 15.0. The molecule has 3 nitrogen and oxygen atoms in total. The van der Waals surface area contributed by atoms with Gasteiger partial charge in [0.25, 0.3) is 0 Å². The molecular formula is C40H58Cl3N3Pd. The summed E-state index contributed by atoms with van der Waals surface area (Å²) < 4.78 is 0. The number of pyridine rings is 1. The first kappa shape index (κ1) is 41.6. The van der Waals surface area contributed by atoms with Gasteiger partial charge in [-0.05, 0) is 109 Å². The molecule has 0 bridgehead atoms. The summed E-state index contributed by atoms with van der Waals surface area (Å²) in [5.74, 6) is 2.40. The zero-order chi connectivity index (χ0) is 34.8. The normalized spacial score (nSPS) is 12.7. The summed E-state index contributed by atoms with van der Waals surface area (Å²) >= 11 is 5.37. The number of hydrogen-bond donors (Lipinski definition) is 0. The van der Waals surface area contributed by atoms with Gasteiger partial charge in [-0.15, -0.1) is 0 Å². The zero-order valence-electron chi connectivity index (χ0n) is 29.9. The maximum absolute atomic E-state index is 5.48. The molecule has 0 unspecified atom stereocenters. The molecule has 0 N–H and O–H groups in total. The topological polar surface area (TPSA) is 19.4 Å². The van der Waals surface area contributed by atoms with Crippen molar-refractivity contribution in [2.24, 2.45) is 0 Å². The number of benzene rings is 2. The van der Waals surface area contributed by atoms with E-state index in [-0.39, 0.29) is 15.9 Å². The van der Waals surface area contributed by atoms with Crippen molar-refractivity contribution in [1.82, 2.24) is 4.98 Å². The molecule has 7 heteroatoms. The molecule has 0 atom stereocenters. The van der Waals surface area contributed by atoms with Crippen LogP contribution in [0.1, 0.15) is 153 Å². The number of aromatic nitrogens is 1. The van der Waals surface area contributed by atoms with E-state index in [4.69, 9.17) is 30.7 Å². The fraction of sp³-hybridized carbons (Fsp3) is 0.525. The number of hydrogen-bond acceptors (Lipinski definition) is 3. The average Bonchev–Trinajstić information content (AvgIpc) is 3.58. The first-order valence-corrected chi connectivity index (χ1v) is 22.1. The number of nitrogens with zero attached hydrogens (tertiary/aromatic N) is 3. The third kappa shape index (κ3) is 11.5. The van der Waals surface area contributed by atoms with Crippen LogP contribution in [0.5, 0.6) is 0 Å². The van der Waals surface area contributed by atoms with Crippen molar-refractivity contribution in [2.45, 2.75) is 130 Å². The van der Waals surface area contributed by atoms with Crippen molar-refractivity contribution < 1.29 is 15.9 Å². The predicted octanol–water partition coefficient (Wildman–Crippen LogP) is 14.2. The predicted molar refractivity (Wildman–Crippen MR) is 206 cm³/mol. The van der Waals surface area contributed by atoms with Gasteiger partial charge in [0, 0.05) is 36.2 Å². The van der Waals surface area contributed by atoms with E-state index in [0.29, 0.717) is 28.7 Å². The molecule has 0 saturated heterocycles. The van der Waals surface area contributed by atoms with Crippen molar-refractivity contribution >= 4 is 42.0 Å². The molecule has 2 aromatic carbocycles. The second-order valence-electron chi connectivity index (χ2n) is 12.2.